The van der Waals surface area contributed by atoms with Crippen molar-refractivity contribution in [1.29, 1.82) is 0 Å². The van der Waals surface area contributed by atoms with Gasteiger partial charge in [-0.25, -0.2) is 0 Å². The Hall–Kier alpha value is -8.98. The van der Waals surface area contributed by atoms with Crippen molar-refractivity contribution in [3.05, 3.63) is 287 Å². The normalized spacial score (nSPS) is 13.3. The van der Waals surface area contributed by atoms with Gasteiger partial charge in [0.05, 0.1) is 0 Å². The minimum Gasteiger partial charge on any atom is -0.311 e. The number of hydrogen-bond donors (Lipinski definition) is 0. The van der Waals surface area contributed by atoms with Crippen LogP contribution in [0, 0.1) is 27.7 Å². The summed E-state index contributed by atoms with van der Waals surface area (Å²) in [6.07, 6.45) is 0. The zero-order chi connectivity index (χ0) is 53.5. The highest BCUT2D eigenvalue weighted by Gasteiger charge is 2.37. The Bertz CT molecular complexity index is 3690. The van der Waals surface area contributed by atoms with E-state index < -0.39 is 0 Å². The molecule has 11 aromatic carbocycles. The quantitative estimate of drug-likeness (QED) is 0.135. The first-order valence-corrected chi connectivity index (χ1v) is 27.5. The first-order valence-electron chi connectivity index (χ1n) is 27.5. The molecule has 0 unspecified atom stereocenters. The predicted octanol–water partition coefficient (Wildman–Crippen LogP) is 21.1. The van der Waals surface area contributed by atoms with Crippen molar-refractivity contribution < 1.29 is 0 Å². The molecule has 13 rings (SSSR count). The van der Waals surface area contributed by atoms with Gasteiger partial charge in [-0.05, 0) is 214 Å². The fourth-order valence-corrected chi connectivity index (χ4v) is 12.3. The molecule has 0 aromatic heterocycles. The second-order valence-electron chi connectivity index (χ2n) is 23.0. The molecule has 2 heteroatoms. The summed E-state index contributed by atoms with van der Waals surface area (Å²) in [6, 6.07) is 90.8. The van der Waals surface area contributed by atoms with Gasteiger partial charge in [0.1, 0.15) is 0 Å². The van der Waals surface area contributed by atoms with E-state index in [0.717, 1.165) is 34.1 Å². The molecular formula is C76H64N2. The van der Waals surface area contributed by atoms with Crippen molar-refractivity contribution in [1.82, 2.24) is 0 Å². The Balaban J connectivity index is 0.727. The van der Waals surface area contributed by atoms with E-state index in [-0.39, 0.29) is 10.8 Å². The van der Waals surface area contributed by atoms with Crippen LogP contribution in [0.5, 0.6) is 0 Å². The molecular weight excluding hydrogens is 941 g/mol. The van der Waals surface area contributed by atoms with Crippen LogP contribution in [0.3, 0.4) is 0 Å². The number of hydrogen-bond acceptors (Lipinski definition) is 2. The molecule has 0 aliphatic heterocycles. The second kappa shape index (κ2) is 18.9. The molecule has 0 fully saturated rings. The molecule has 378 valence electrons. The fourth-order valence-electron chi connectivity index (χ4n) is 12.3. The van der Waals surface area contributed by atoms with E-state index in [1.807, 2.05) is 0 Å². The van der Waals surface area contributed by atoms with E-state index in [1.165, 1.54) is 111 Å². The van der Waals surface area contributed by atoms with Gasteiger partial charge in [0.25, 0.3) is 0 Å². The van der Waals surface area contributed by atoms with Gasteiger partial charge in [0.15, 0.2) is 0 Å². The highest BCUT2D eigenvalue weighted by atomic mass is 15.1. The maximum Gasteiger partial charge on any atom is 0.0462 e. The molecule has 0 saturated heterocycles. The van der Waals surface area contributed by atoms with Crippen LogP contribution in [0.25, 0.3) is 66.8 Å². The van der Waals surface area contributed by atoms with Crippen molar-refractivity contribution in [3.8, 4) is 66.8 Å². The summed E-state index contributed by atoms with van der Waals surface area (Å²) in [5.74, 6) is 0. The van der Waals surface area contributed by atoms with Crippen LogP contribution < -0.4 is 9.80 Å². The molecule has 2 aliphatic rings. The van der Waals surface area contributed by atoms with Gasteiger partial charge >= 0.3 is 0 Å². The summed E-state index contributed by atoms with van der Waals surface area (Å²) in [6.45, 7) is 18.1. The van der Waals surface area contributed by atoms with Crippen molar-refractivity contribution in [3.63, 3.8) is 0 Å². The Morgan fingerprint density at radius 3 is 0.577 bits per heavy atom. The third kappa shape index (κ3) is 8.53. The van der Waals surface area contributed by atoms with Crippen molar-refractivity contribution in [2.45, 2.75) is 66.2 Å². The number of fused-ring (bicyclic) bond motifs is 6. The predicted molar refractivity (Wildman–Crippen MR) is 332 cm³/mol. The van der Waals surface area contributed by atoms with Crippen molar-refractivity contribution >= 4 is 34.1 Å². The lowest BCUT2D eigenvalue weighted by atomic mass is 9.80. The molecule has 0 atom stereocenters. The molecule has 2 aliphatic carbocycles. The maximum atomic E-state index is 2.44. The average Bonchev–Trinajstić information content (AvgIpc) is 3.83. The number of aryl methyl sites for hydroxylation is 4. The molecule has 0 saturated carbocycles. The van der Waals surface area contributed by atoms with E-state index in [0.29, 0.717) is 0 Å². The smallest absolute Gasteiger partial charge is 0.0462 e. The molecule has 0 radical (unpaired) electrons. The summed E-state index contributed by atoms with van der Waals surface area (Å²) in [5.41, 5.74) is 32.2. The molecule has 11 aromatic rings. The van der Waals surface area contributed by atoms with E-state index in [9.17, 15) is 0 Å². The average molecular weight is 1010 g/mol. The summed E-state index contributed by atoms with van der Waals surface area (Å²) >= 11 is 0. The minimum absolute atomic E-state index is 0.157. The molecule has 0 spiro atoms. The number of rotatable bonds is 10. The number of benzene rings is 11. The third-order valence-electron chi connectivity index (χ3n) is 17.0. The molecule has 0 amide bonds. The third-order valence-corrected chi connectivity index (χ3v) is 17.0. The lowest BCUT2D eigenvalue weighted by Crippen LogP contribution is -2.15. The van der Waals surface area contributed by atoms with Gasteiger partial charge in [-0.2, -0.15) is 0 Å². The van der Waals surface area contributed by atoms with Crippen LogP contribution in [-0.4, -0.2) is 0 Å². The molecule has 78 heavy (non-hydrogen) atoms. The Morgan fingerprint density at radius 2 is 0.372 bits per heavy atom. The standard InChI is InChI=1S/C76H64N2/c1-49-9-29-61(30-10-49)77(62-31-11-50(2)12-32-62)65-37-21-55(22-38-65)59-27-43-69-67-41-25-57(45-71(67)75(5,6)73(69)47-59)53-17-19-54(20-18-53)58-26-42-68-70-44-28-60(48-74(70)76(7,8)72(68)46-58)56-23-39-66(40-24-56)78(63-33-13-51(3)14-34-63)64-35-15-52(4)16-36-64/h9-48H,1-8H3. The van der Waals surface area contributed by atoms with Crippen LogP contribution in [0.1, 0.15) is 72.2 Å². The molecule has 0 bridgehead atoms. The lowest BCUT2D eigenvalue weighted by Gasteiger charge is -2.26. The summed E-state index contributed by atoms with van der Waals surface area (Å²) in [4.78, 5) is 4.68. The van der Waals surface area contributed by atoms with Gasteiger partial charge in [0, 0.05) is 45.0 Å². The first kappa shape index (κ1) is 48.6. The molecule has 2 nitrogen and oxygen atoms in total. The van der Waals surface area contributed by atoms with E-state index in [4.69, 9.17) is 0 Å². The van der Waals surface area contributed by atoms with Crippen LogP contribution in [-0.2, 0) is 10.8 Å². The lowest BCUT2D eigenvalue weighted by molar-refractivity contribution is 0.660. The molecule has 0 N–H and O–H groups in total. The second-order valence-corrected chi connectivity index (χ2v) is 23.0. The van der Waals surface area contributed by atoms with Gasteiger partial charge in [0.2, 0.25) is 0 Å². The van der Waals surface area contributed by atoms with Crippen LogP contribution in [0.15, 0.2) is 243 Å². The van der Waals surface area contributed by atoms with Crippen molar-refractivity contribution in [2.24, 2.45) is 0 Å². The highest BCUT2D eigenvalue weighted by Crippen LogP contribution is 2.53. The SMILES string of the molecule is Cc1ccc(N(c2ccc(C)cc2)c2ccc(-c3ccc4c(c3)C(C)(C)c3cc(-c5ccc(-c6ccc7c(c6)C(C)(C)c6cc(-c8ccc(N(c9ccc(C)cc9)c9ccc(C)cc9)cc8)ccc6-7)cc5)ccc3-4)cc2)cc1. The van der Waals surface area contributed by atoms with Gasteiger partial charge in [-0.1, -0.05) is 196 Å². The Kier molecular flexibility index (Phi) is 11.8. The maximum absolute atomic E-state index is 2.44. The van der Waals surface area contributed by atoms with Crippen LogP contribution in [0.2, 0.25) is 0 Å². The van der Waals surface area contributed by atoms with Crippen molar-refractivity contribution in [2.75, 3.05) is 9.80 Å². The summed E-state index contributed by atoms with van der Waals surface area (Å²) in [5, 5.41) is 0. The first-order chi connectivity index (χ1) is 37.8. The topological polar surface area (TPSA) is 6.48 Å². The summed E-state index contributed by atoms with van der Waals surface area (Å²) < 4.78 is 0. The zero-order valence-electron chi connectivity index (χ0n) is 46.0. The van der Waals surface area contributed by atoms with Gasteiger partial charge in [-0.15, -0.1) is 0 Å². The Morgan fingerprint density at radius 1 is 0.205 bits per heavy atom. The largest absolute Gasteiger partial charge is 0.311 e. The monoisotopic (exact) mass is 1000 g/mol. The van der Waals surface area contributed by atoms with E-state index in [2.05, 4.69) is 308 Å². The van der Waals surface area contributed by atoms with E-state index >= 15 is 0 Å². The Labute approximate surface area is 461 Å². The molecule has 0 heterocycles. The summed E-state index contributed by atoms with van der Waals surface area (Å²) in [7, 11) is 0. The number of anilines is 6. The van der Waals surface area contributed by atoms with Crippen LogP contribution in [0.4, 0.5) is 34.1 Å². The van der Waals surface area contributed by atoms with Crippen LogP contribution >= 0.6 is 0 Å². The number of nitrogens with zero attached hydrogens (tertiary/aromatic N) is 2. The highest BCUT2D eigenvalue weighted by molar-refractivity contribution is 5.89. The minimum atomic E-state index is -0.157. The zero-order valence-corrected chi connectivity index (χ0v) is 46.0. The fraction of sp³-hybridized carbons (Fsp3) is 0.132. The van der Waals surface area contributed by atoms with Gasteiger partial charge < -0.3 is 9.80 Å². The van der Waals surface area contributed by atoms with E-state index in [1.54, 1.807) is 0 Å². The van der Waals surface area contributed by atoms with Gasteiger partial charge in [-0.3, -0.25) is 0 Å².